The molecule has 1 aromatic carbocycles. The molecular formula is C11H11ClN4O2. The lowest BCUT2D eigenvalue weighted by atomic mass is 10.2. The number of carboxylic acid groups (broad SMARTS) is 1. The van der Waals surface area contributed by atoms with Gasteiger partial charge in [0.05, 0.1) is 17.9 Å². The van der Waals surface area contributed by atoms with Crippen LogP contribution in [0, 0.1) is 0 Å². The van der Waals surface area contributed by atoms with Crippen molar-refractivity contribution in [2.45, 2.75) is 13.0 Å². The van der Waals surface area contributed by atoms with Gasteiger partial charge in [0.15, 0.2) is 0 Å². The summed E-state index contributed by atoms with van der Waals surface area (Å²) >= 11 is 5.79. The zero-order chi connectivity index (χ0) is 13.1. The first-order chi connectivity index (χ1) is 8.56. The average Bonchev–Trinajstić information content (AvgIpc) is 2.78. The fraction of sp³-hybridized carbons (Fsp3) is 0.182. The molecule has 0 radical (unpaired) electrons. The quantitative estimate of drug-likeness (QED) is 0.893. The molecule has 0 saturated carbocycles. The fourth-order valence-electron chi connectivity index (χ4n) is 1.45. The molecule has 1 atom stereocenters. The zero-order valence-electron chi connectivity index (χ0n) is 9.54. The van der Waals surface area contributed by atoms with E-state index in [4.69, 9.17) is 16.7 Å². The van der Waals surface area contributed by atoms with Gasteiger partial charge in [0.1, 0.15) is 5.69 Å². The number of aromatic nitrogens is 3. The lowest BCUT2D eigenvalue weighted by Crippen LogP contribution is -2.24. The summed E-state index contributed by atoms with van der Waals surface area (Å²) in [4.78, 5) is 10.5. The molecule has 7 heteroatoms. The minimum atomic E-state index is -1.09. The molecule has 1 aromatic heterocycles. The first kappa shape index (κ1) is 12.4. The van der Waals surface area contributed by atoms with Crippen LogP contribution in [0.5, 0.6) is 0 Å². The van der Waals surface area contributed by atoms with Crippen molar-refractivity contribution in [3.05, 3.63) is 41.2 Å². The van der Waals surface area contributed by atoms with E-state index < -0.39 is 12.1 Å². The van der Waals surface area contributed by atoms with Crippen molar-refractivity contribution in [2.24, 2.45) is 0 Å². The van der Waals surface area contributed by atoms with E-state index in [9.17, 15) is 4.79 Å². The third-order valence-electron chi connectivity index (χ3n) is 2.39. The van der Waals surface area contributed by atoms with Crippen molar-refractivity contribution in [1.29, 1.82) is 0 Å². The highest BCUT2D eigenvalue weighted by molar-refractivity contribution is 6.30. The zero-order valence-corrected chi connectivity index (χ0v) is 10.3. The van der Waals surface area contributed by atoms with Gasteiger partial charge < -0.3 is 10.4 Å². The van der Waals surface area contributed by atoms with Gasteiger partial charge in [0.2, 0.25) is 0 Å². The molecule has 1 amide bonds. The molecule has 0 bridgehead atoms. The molecule has 0 aliphatic rings. The van der Waals surface area contributed by atoms with E-state index in [-0.39, 0.29) is 0 Å². The SMILES string of the molecule is CC(NC(=O)O)c1cn(-c2ccc(Cl)cc2)nn1. The number of hydrogen-bond acceptors (Lipinski definition) is 3. The first-order valence-electron chi connectivity index (χ1n) is 5.24. The number of halogens is 1. The largest absolute Gasteiger partial charge is 0.465 e. The summed E-state index contributed by atoms with van der Waals surface area (Å²) in [5.74, 6) is 0. The predicted octanol–water partition coefficient (Wildman–Crippen LogP) is 2.25. The van der Waals surface area contributed by atoms with Gasteiger partial charge in [-0.1, -0.05) is 16.8 Å². The number of rotatable bonds is 3. The smallest absolute Gasteiger partial charge is 0.405 e. The molecule has 6 nitrogen and oxygen atoms in total. The lowest BCUT2D eigenvalue weighted by molar-refractivity contribution is 0.190. The Bertz CT molecular complexity index is 552. The van der Waals surface area contributed by atoms with E-state index in [1.165, 1.54) is 0 Å². The van der Waals surface area contributed by atoms with Crippen LogP contribution in [0.2, 0.25) is 5.02 Å². The summed E-state index contributed by atoms with van der Waals surface area (Å²) in [6.07, 6.45) is 0.577. The van der Waals surface area contributed by atoms with E-state index >= 15 is 0 Å². The Morgan fingerprint density at radius 1 is 1.44 bits per heavy atom. The van der Waals surface area contributed by atoms with Crippen LogP contribution in [0.3, 0.4) is 0 Å². The Kier molecular flexibility index (Phi) is 3.47. The van der Waals surface area contributed by atoms with Crippen LogP contribution in [0.25, 0.3) is 5.69 Å². The van der Waals surface area contributed by atoms with Gasteiger partial charge in [-0.2, -0.15) is 0 Å². The second-order valence-electron chi connectivity index (χ2n) is 3.74. The molecule has 94 valence electrons. The van der Waals surface area contributed by atoms with Crippen molar-refractivity contribution in [1.82, 2.24) is 20.3 Å². The van der Waals surface area contributed by atoms with Crippen molar-refractivity contribution < 1.29 is 9.90 Å². The van der Waals surface area contributed by atoms with Crippen LogP contribution < -0.4 is 5.32 Å². The molecule has 1 heterocycles. The van der Waals surface area contributed by atoms with Gasteiger partial charge in [-0.3, -0.25) is 0 Å². The summed E-state index contributed by atoms with van der Waals surface area (Å²) in [7, 11) is 0. The van der Waals surface area contributed by atoms with E-state index in [2.05, 4.69) is 15.6 Å². The minimum Gasteiger partial charge on any atom is -0.465 e. The summed E-state index contributed by atoms with van der Waals surface area (Å²) in [5.41, 5.74) is 1.35. The number of nitrogens with zero attached hydrogens (tertiary/aromatic N) is 3. The predicted molar refractivity (Wildman–Crippen MR) is 65.9 cm³/mol. The normalized spacial score (nSPS) is 12.1. The van der Waals surface area contributed by atoms with Crippen LogP contribution in [0.1, 0.15) is 18.7 Å². The molecule has 0 aliphatic carbocycles. The topological polar surface area (TPSA) is 80.0 Å². The molecule has 0 saturated heterocycles. The Morgan fingerprint density at radius 2 is 2.11 bits per heavy atom. The van der Waals surface area contributed by atoms with Gasteiger partial charge in [-0.05, 0) is 31.2 Å². The maximum atomic E-state index is 10.5. The maximum absolute atomic E-state index is 10.5. The van der Waals surface area contributed by atoms with E-state index in [1.807, 2.05) is 0 Å². The lowest BCUT2D eigenvalue weighted by Gasteiger charge is -2.06. The fourth-order valence-corrected chi connectivity index (χ4v) is 1.58. The van der Waals surface area contributed by atoms with Gasteiger partial charge in [0.25, 0.3) is 0 Å². The molecule has 0 aliphatic heterocycles. The van der Waals surface area contributed by atoms with Gasteiger partial charge in [-0.25, -0.2) is 9.48 Å². The molecule has 0 fully saturated rings. The Balaban J connectivity index is 2.19. The Labute approximate surface area is 108 Å². The van der Waals surface area contributed by atoms with Crippen LogP contribution in [0.4, 0.5) is 4.79 Å². The van der Waals surface area contributed by atoms with Crippen LogP contribution >= 0.6 is 11.6 Å². The van der Waals surface area contributed by atoms with Gasteiger partial charge in [-0.15, -0.1) is 5.10 Å². The number of nitrogens with one attached hydrogen (secondary N) is 1. The molecule has 2 N–H and O–H groups in total. The number of benzene rings is 1. The van der Waals surface area contributed by atoms with Crippen LogP contribution in [-0.2, 0) is 0 Å². The molecular weight excluding hydrogens is 256 g/mol. The summed E-state index contributed by atoms with van der Waals surface area (Å²) < 4.78 is 1.56. The second kappa shape index (κ2) is 5.05. The second-order valence-corrected chi connectivity index (χ2v) is 4.17. The highest BCUT2D eigenvalue weighted by Gasteiger charge is 2.12. The minimum absolute atomic E-state index is 0.413. The standard InChI is InChI=1S/C11H11ClN4O2/c1-7(13-11(17)18)10-6-16(15-14-10)9-4-2-8(12)3-5-9/h2-7,13H,1H3,(H,17,18). The van der Waals surface area contributed by atoms with Crippen molar-refractivity contribution >= 4 is 17.7 Å². The average molecular weight is 267 g/mol. The third kappa shape index (κ3) is 2.78. The highest BCUT2D eigenvalue weighted by atomic mass is 35.5. The van der Waals surface area contributed by atoms with Gasteiger partial charge >= 0.3 is 6.09 Å². The molecule has 0 spiro atoms. The number of hydrogen-bond donors (Lipinski definition) is 2. The number of amides is 1. The third-order valence-corrected chi connectivity index (χ3v) is 2.64. The van der Waals surface area contributed by atoms with Crippen molar-refractivity contribution in [3.63, 3.8) is 0 Å². The highest BCUT2D eigenvalue weighted by Crippen LogP contribution is 2.14. The van der Waals surface area contributed by atoms with Gasteiger partial charge in [0, 0.05) is 5.02 Å². The first-order valence-corrected chi connectivity index (χ1v) is 5.61. The maximum Gasteiger partial charge on any atom is 0.405 e. The summed E-state index contributed by atoms with van der Waals surface area (Å²) in [6, 6.07) is 6.68. The Hall–Kier alpha value is -2.08. The molecule has 2 aromatic rings. The molecule has 2 rings (SSSR count). The molecule has 1 unspecified atom stereocenters. The van der Waals surface area contributed by atoms with Crippen LogP contribution in [-0.4, -0.2) is 26.2 Å². The van der Waals surface area contributed by atoms with E-state index in [0.29, 0.717) is 10.7 Å². The van der Waals surface area contributed by atoms with E-state index in [1.54, 1.807) is 42.1 Å². The van der Waals surface area contributed by atoms with Crippen molar-refractivity contribution in [3.8, 4) is 5.69 Å². The monoisotopic (exact) mass is 266 g/mol. The van der Waals surface area contributed by atoms with Crippen molar-refractivity contribution in [2.75, 3.05) is 0 Å². The Morgan fingerprint density at radius 3 is 2.72 bits per heavy atom. The molecule has 18 heavy (non-hydrogen) atoms. The van der Waals surface area contributed by atoms with E-state index in [0.717, 1.165) is 5.69 Å². The summed E-state index contributed by atoms with van der Waals surface area (Å²) in [6.45, 7) is 1.70. The van der Waals surface area contributed by atoms with Crippen LogP contribution in [0.15, 0.2) is 30.5 Å². The number of carbonyl (C=O) groups is 1. The summed E-state index contributed by atoms with van der Waals surface area (Å²) in [5, 5.41) is 19.4.